The molecule has 0 saturated heterocycles. The van der Waals surface area contributed by atoms with E-state index in [0.717, 1.165) is 19.2 Å². The van der Waals surface area contributed by atoms with Crippen molar-refractivity contribution >= 4 is 35.0 Å². The van der Waals surface area contributed by atoms with Crippen molar-refractivity contribution in [2.75, 3.05) is 7.11 Å². The molecule has 0 aliphatic carbocycles. The molecule has 0 aliphatic heterocycles. The Balaban J connectivity index is 0.00000324. The fourth-order valence-electron chi connectivity index (χ4n) is 1.03. The number of benzene rings is 1. The van der Waals surface area contributed by atoms with E-state index in [-0.39, 0.29) is 18.9 Å². The van der Waals surface area contributed by atoms with E-state index in [1.165, 1.54) is 4.72 Å². The summed E-state index contributed by atoms with van der Waals surface area (Å²) in [7, 11) is -3.27. The molecule has 0 bridgehead atoms. The van der Waals surface area contributed by atoms with E-state index in [9.17, 15) is 26.4 Å². The van der Waals surface area contributed by atoms with Crippen LogP contribution in [0, 0.1) is 0 Å². The Labute approximate surface area is 119 Å². The average Bonchev–Trinajstić information content (AvgIpc) is 2.27. The summed E-state index contributed by atoms with van der Waals surface area (Å²) in [5.41, 5.74) is -0.987. The number of hydrogen-bond acceptors (Lipinski definition) is 4. The minimum atomic E-state index is -4.56. The number of sulfonamides is 1. The second-order valence-electron chi connectivity index (χ2n) is 3.12. The summed E-state index contributed by atoms with van der Waals surface area (Å²) in [6.07, 6.45) is -5.78. The molecular formula is C9H9F3LiNO4S. The van der Waals surface area contributed by atoms with Gasteiger partial charge in [-0.1, -0.05) is 0 Å². The molecule has 102 valence electrons. The van der Waals surface area contributed by atoms with Gasteiger partial charge in [0.25, 0.3) is 10.0 Å². The van der Waals surface area contributed by atoms with Gasteiger partial charge in [0, 0.05) is 0 Å². The fraction of sp³-hybridized carbons (Fsp3) is 0.222. The Bertz CT molecular complexity index is 542. The molecule has 0 aromatic heterocycles. The molecule has 0 saturated carbocycles. The first-order valence-corrected chi connectivity index (χ1v) is 5.93. The van der Waals surface area contributed by atoms with Crippen molar-refractivity contribution in [2.24, 2.45) is 0 Å². The molecule has 10 heteroatoms. The van der Waals surface area contributed by atoms with Crippen LogP contribution in [0.25, 0.3) is 0 Å². The zero-order valence-corrected chi connectivity index (χ0v) is 9.80. The zero-order chi connectivity index (χ0) is 14.0. The first-order chi connectivity index (χ1) is 8.16. The van der Waals surface area contributed by atoms with Crippen molar-refractivity contribution in [1.29, 1.82) is 0 Å². The minimum absolute atomic E-state index is 0. The zero-order valence-electron chi connectivity index (χ0n) is 8.98. The Hall–Kier alpha value is -1.17. The number of ether oxygens (including phenoxy) is 1. The number of methoxy groups -OCH3 is 1. The summed E-state index contributed by atoms with van der Waals surface area (Å²) in [5, 5.41) is 0. The van der Waals surface area contributed by atoms with E-state index in [4.69, 9.17) is 0 Å². The number of amides is 1. The third kappa shape index (κ3) is 4.78. The van der Waals surface area contributed by atoms with Crippen LogP contribution >= 0.6 is 0 Å². The van der Waals surface area contributed by atoms with Crippen LogP contribution in [0.2, 0.25) is 0 Å². The van der Waals surface area contributed by atoms with Crippen LogP contribution in [0.5, 0.6) is 0 Å². The van der Waals surface area contributed by atoms with Crippen molar-refractivity contribution in [2.45, 2.75) is 11.1 Å². The molecule has 0 atom stereocenters. The molecule has 1 rings (SSSR count). The fourth-order valence-corrected chi connectivity index (χ4v) is 1.95. The number of hydrogen-bond donors (Lipinski definition) is 1. The summed E-state index contributed by atoms with van der Waals surface area (Å²) >= 11 is 0. The first kappa shape index (κ1) is 17.8. The number of alkyl halides is 3. The second-order valence-corrected chi connectivity index (χ2v) is 4.80. The van der Waals surface area contributed by atoms with Crippen molar-refractivity contribution in [1.82, 2.24) is 4.72 Å². The van der Waals surface area contributed by atoms with E-state index in [1.54, 1.807) is 0 Å². The quantitative estimate of drug-likeness (QED) is 0.828. The average molecular weight is 291 g/mol. The first-order valence-electron chi connectivity index (χ1n) is 4.45. The van der Waals surface area contributed by atoms with Gasteiger partial charge in [-0.15, -0.1) is 0 Å². The Morgan fingerprint density at radius 2 is 1.68 bits per heavy atom. The summed E-state index contributed by atoms with van der Waals surface area (Å²) in [5.74, 6) is 0. The van der Waals surface area contributed by atoms with Gasteiger partial charge in [-0.3, -0.25) is 0 Å². The number of carbonyl (C=O) groups excluding carboxylic acids is 1. The van der Waals surface area contributed by atoms with Crippen LogP contribution in [-0.4, -0.2) is 40.5 Å². The van der Waals surface area contributed by atoms with Gasteiger partial charge in [0.1, 0.15) is 0 Å². The van der Waals surface area contributed by atoms with Crippen LogP contribution in [0.15, 0.2) is 29.2 Å². The van der Waals surface area contributed by atoms with Gasteiger partial charge in [0.05, 0.1) is 17.6 Å². The number of carbonyl (C=O) groups is 1. The summed E-state index contributed by atoms with van der Waals surface area (Å²) < 4.78 is 65.3. The number of halogens is 3. The number of rotatable bonds is 2. The maximum absolute atomic E-state index is 12.2. The summed E-state index contributed by atoms with van der Waals surface area (Å²) in [6.45, 7) is 0. The third-order valence-electron chi connectivity index (χ3n) is 1.90. The van der Waals surface area contributed by atoms with Crippen LogP contribution in [0.4, 0.5) is 18.0 Å². The molecule has 19 heavy (non-hydrogen) atoms. The normalized spacial score (nSPS) is 11.4. The maximum atomic E-state index is 12.2. The summed E-state index contributed by atoms with van der Waals surface area (Å²) in [6, 6.07) is 2.69. The molecule has 0 fully saturated rings. The topological polar surface area (TPSA) is 72.5 Å². The van der Waals surface area contributed by atoms with Gasteiger partial charge in [-0.05, 0) is 24.3 Å². The number of nitrogens with one attached hydrogen (secondary N) is 1. The van der Waals surface area contributed by atoms with Gasteiger partial charge < -0.3 is 4.74 Å². The van der Waals surface area contributed by atoms with Gasteiger partial charge in [-0.25, -0.2) is 17.9 Å². The third-order valence-corrected chi connectivity index (χ3v) is 3.22. The van der Waals surface area contributed by atoms with Crippen LogP contribution < -0.4 is 4.72 Å². The Morgan fingerprint density at radius 3 is 2.05 bits per heavy atom. The van der Waals surface area contributed by atoms with Crippen LogP contribution in [-0.2, 0) is 20.9 Å². The molecule has 0 heterocycles. The SMILES string of the molecule is COC(=O)NS(=O)(=O)c1ccc(C(F)(F)F)cc1.[LiH]. The summed E-state index contributed by atoms with van der Waals surface area (Å²) in [4.78, 5) is 10.3. The van der Waals surface area contributed by atoms with E-state index >= 15 is 0 Å². The molecule has 5 nitrogen and oxygen atoms in total. The van der Waals surface area contributed by atoms with Crippen molar-refractivity contribution in [3.63, 3.8) is 0 Å². The van der Waals surface area contributed by atoms with Crippen LogP contribution in [0.1, 0.15) is 5.56 Å². The van der Waals surface area contributed by atoms with Crippen molar-refractivity contribution < 1.29 is 31.1 Å². The van der Waals surface area contributed by atoms with E-state index in [0.29, 0.717) is 12.1 Å². The molecule has 0 radical (unpaired) electrons. The predicted molar refractivity (Wildman–Crippen MR) is 61.3 cm³/mol. The van der Waals surface area contributed by atoms with Crippen molar-refractivity contribution in [3.8, 4) is 0 Å². The van der Waals surface area contributed by atoms with Gasteiger partial charge in [0.15, 0.2) is 0 Å². The second kappa shape index (κ2) is 6.32. The van der Waals surface area contributed by atoms with Gasteiger partial charge in [-0.2, -0.15) is 13.2 Å². The van der Waals surface area contributed by atoms with E-state index in [2.05, 4.69) is 4.74 Å². The monoisotopic (exact) mass is 291 g/mol. The molecule has 1 N–H and O–H groups in total. The van der Waals surface area contributed by atoms with Gasteiger partial charge >= 0.3 is 31.1 Å². The Morgan fingerprint density at radius 1 is 1.21 bits per heavy atom. The van der Waals surface area contributed by atoms with Crippen LogP contribution in [0.3, 0.4) is 0 Å². The predicted octanol–water partition coefficient (Wildman–Crippen LogP) is 1.10. The molecule has 0 aliphatic rings. The molecule has 0 unspecified atom stereocenters. The van der Waals surface area contributed by atoms with Gasteiger partial charge in [0.2, 0.25) is 0 Å². The van der Waals surface area contributed by atoms with Crippen molar-refractivity contribution in [3.05, 3.63) is 29.8 Å². The van der Waals surface area contributed by atoms with E-state index < -0.39 is 32.8 Å². The molecule has 1 aromatic carbocycles. The molecule has 1 amide bonds. The molecular weight excluding hydrogens is 282 g/mol. The molecule has 1 aromatic rings. The standard InChI is InChI=1S/C9H8F3NO4S.Li.H/c1-17-8(14)13-18(15,16)7-4-2-6(3-5-7)9(10,11)12;;/h2-5H,1H3,(H,13,14);;. The Kier molecular flexibility index (Phi) is 5.93. The van der Waals surface area contributed by atoms with E-state index in [1.807, 2.05) is 0 Å². The molecule has 0 spiro atoms.